The van der Waals surface area contributed by atoms with E-state index in [1.165, 1.54) is 0 Å². The largest absolute Gasteiger partial charge is 0.397 e. The van der Waals surface area contributed by atoms with Gasteiger partial charge in [-0.2, -0.15) is 0 Å². The van der Waals surface area contributed by atoms with Gasteiger partial charge >= 0.3 is 0 Å². The van der Waals surface area contributed by atoms with Crippen molar-refractivity contribution in [1.29, 1.82) is 0 Å². The Balaban J connectivity index is 2.41. The maximum Gasteiger partial charge on any atom is 0.209 e. The van der Waals surface area contributed by atoms with E-state index >= 15 is 0 Å². The topological polar surface area (TPSA) is 48.0 Å². The molecule has 0 unspecified atom stereocenters. The van der Waals surface area contributed by atoms with Crippen LogP contribution in [0.1, 0.15) is 16.1 Å². The first-order chi connectivity index (χ1) is 7.18. The first-order valence-electron chi connectivity index (χ1n) is 4.70. The van der Waals surface area contributed by atoms with Crippen molar-refractivity contribution in [3.8, 4) is 0 Å². The quantitative estimate of drug-likeness (QED) is 0.752. The van der Waals surface area contributed by atoms with Crippen LogP contribution in [0.5, 0.6) is 0 Å². The number of rotatable bonds is 2. The van der Waals surface area contributed by atoms with Gasteiger partial charge in [0.05, 0.1) is 11.4 Å². The third kappa shape index (κ3) is 1.76. The van der Waals surface area contributed by atoms with Gasteiger partial charge < -0.3 is 10.3 Å². The number of carbonyl (C=O) groups excluding carboxylic acids is 1. The van der Waals surface area contributed by atoms with Crippen LogP contribution in [0.25, 0.3) is 0 Å². The average molecular weight is 200 g/mol. The molecule has 76 valence electrons. The standard InChI is InChI=1S/C12H12N2O/c1-14-8-10(13)7-11(14)12(15)9-5-3-2-4-6-9/h2-8H,13H2,1H3. The fourth-order valence-electron chi connectivity index (χ4n) is 1.55. The fourth-order valence-corrected chi connectivity index (χ4v) is 1.55. The molecule has 0 saturated heterocycles. The molecule has 0 aliphatic heterocycles. The second-order valence-electron chi connectivity index (χ2n) is 3.46. The number of benzene rings is 1. The number of nitrogens with two attached hydrogens (primary N) is 1. The molecule has 0 radical (unpaired) electrons. The van der Waals surface area contributed by atoms with Gasteiger partial charge in [0.2, 0.25) is 5.78 Å². The molecule has 2 aromatic rings. The second-order valence-corrected chi connectivity index (χ2v) is 3.46. The molecule has 0 saturated carbocycles. The summed E-state index contributed by atoms with van der Waals surface area (Å²) in [7, 11) is 1.81. The lowest BCUT2D eigenvalue weighted by atomic mass is 10.1. The van der Waals surface area contributed by atoms with E-state index in [2.05, 4.69) is 0 Å². The predicted molar refractivity (Wildman–Crippen MR) is 59.7 cm³/mol. The van der Waals surface area contributed by atoms with Crippen LogP contribution in [0.3, 0.4) is 0 Å². The number of hydrogen-bond acceptors (Lipinski definition) is 2. The van der Waals surface area contributed by atoms with Crippen LogP contribution >= 0.6 is 0 Å². The fraction of sp³-hybridized carbons (Fsp3) is 0.0833. The van der Waals surface area contributed by atoms with Gasteiger partial charge in [0, 0.05) is 18.8 Å². The molecule has 2 rings (SSSR count). The van der Waals surface area contributed by atoms with Crippen molar-refractivity contribution in [2.75, 3.05) is 5.73 Å². The highest BCUT2D eigenvalue weighted by molar-refractivity contribution is 6.08. The molecular weight excluding hydrogens is 188 g/mol. The molecule has 1 aromatic heterocycles. The molecule has 0 aliphatic rings. The van der Waals surface area contributed by atoms with Crippen molar-refractivity contribution >= 4 is 11.5 Å². The maximum absolute atomic E-state index is 12.0. The summed E-state index contributed by atoms with van der Waals surface area (Å²) in [5, 5.41) is 0. The van der Waals surface area contributed by atoms with Gasteiger partial charge in [-0.05, 0) is 6.07 Å². The highest BCUT2D eigenvalue weighted by atomic mass is 16.1. The number of carbonyl (C=O) groups is 1. The molecule has 0 fully saturated rings. The highest BCUT2D eigenvalue weighted by Gasteiger charge is 2.12. The number of ketones is 1. The van der Waals surface area contributed by atoms with E-state index in [-0.39, 0.29) is 5.78 Å². The Hall–Kier alpha value is -2.03. The van der Waals surface area contributed by atoms with E-state index in [1.807, 2.05) is 25.2 Å². The maximum atomic E-state index is 12.0. The van der Waals surface area contributed by atoms with Gasteiger partial charge in [-0.3, -0.25) is 4.79 Å². The zero-order valence-electron chi connectivity index (χ0n) is 8.47. The summed E-state index contributed by atoms with van der Waals surface area (Å²) in [5.74, 6) is -0.00481. The van der Waals surface area contributed by atoms with Crippen molar-refractivity contribution in [2.24, 2.45) is 7.05 Å². The van der Waals surface area contributed by atoms with Gasteiger partial charge in [0.25, 0.3) is 0 Å². The normalized spacial score (nSPS) is 10.2. The van der Waals surface area contributed by atoms with E-state index in [9.17, 15) is 4.79 Å². The third-order valence-electron chi connectivity index (χ3n) is 2.29. The Bertz CT molecular complexity index is 486. The van der Waals surface area contributed by atoms with E-state index < -0.39 is 0 Å². The Kier molecular flexibility index (Phi) is 2.29. The van der Waals surface area contributed by atoms with E-state index in [0.717, 1.165) is 0 Å². The zero-order chi connectivity index (χ0) is 10.8. The average Bonchev–Trinajstić information content (AvgIpc) is 2.58. The number of hydrogen-bond donors (Lipinski definition) is 1. The summed E-state index contributed by atoms with van der Waals surface area (Å²) in [6.45, 7) is 0. The highest BCUT2D eigenvalue weighted by Crippen LogP contribution is 2.13. The third-order valence-corrected chi connectivity index (χ3v) is 2.29. The molecule has 2 N–H and O–H groups in total. The number of aryl methyl sites for hydroxylation is 1. The van der Waals surface area contributed by atoms with Crippen LogP contribution in [0.15, 0.2) is 42.6 Å². The first-order valence-corrected chi connectivity index (χ1v) is 4.70. The summed E-state index contributed by atoms with van der Waals surface area (Å²) in [4.78, 5) is 12.0. The van der Waals surface area contributed by atoms with Crippen LogP contribution in [-0.4, -0.2) is 10.4 Å². The van der Waals surface area contributed by atoms with Gasteiger partial charge in [-0.1, -0.05) is 30.3 Å². The summed E-state index contributed by atoms with van der Waals surface area (Å²) < 4.78 is 1.74. The smallest absolute Gasteiger partial charge is 0.209 e. The number of aromatic nitrogens is 1. The minimum absolute atomic E-state index is 0.00481. The van der Waals surface area contributed by atoms with E-state index in [0.29, 0.717) is 16.9 Å². The van der Waals surface area contributed by atoms with Crippen LogP contribution in [0, 0.1) is 0 Å². The summed E-state index contributed by atoms with van der Waals surface area (Å²) in [6, 6.07) is 10.9. The van der Waals surface area contributed by atoms with Crippen LogP contribution < -0.4 is 5.73 Å². The minimum atomic E-state index is -0.00481. The van der Waals surface area contributed by atoms with Gasteiger partial charge in [0.1, 0.15) is 0 Å². The SMILES string of the molecule is Cn1cc(N)cc1C(=O)c1ccccc1. The van der Waals surface area contributed by atoms with Gasteiger partial charge in [-0.15, -0.1) is 0 Å². The Morgan fingerprint density at radius 1 is 1.27 bits per heavy atom. The zero-order valence-corrected chi connectivity index (χ0v) is 8.47. The van der Waals surface area contributed by atoms with E-state index in [4.69, 9.17) is 5.73 Å². The lowest BCUT2D eigenvalue weighted by Gasteiger charge is -2.01. The molecule has 3 heteroatoms. The van der Waals surface area contributed by atoms with Crippen molar-refractivity contribution in [3.63, 3.8) is 0 Å². The summed E-state index contributed by atoms with van der Waals surface area (Å²) in [6.07, 6.45) is 1.73. The van der Waals surface area contributed by atoms with Crippen LogP contribution in [-0.2, 0) is 7.05 Å². The second kappa shape index (κ2) is 3.61. The van der Waals surface area contributed by atoms with Crippen LogP contribution in [0.2, 0.25) is 0 Å². The molecule has 0 aliphatic carbocycles. The monoisotopic (exact) mass is 200 g/mol. The van der Waals surface area contributed by atoms with Crippen molar-refractivity contribution in [3.05, 3.63) is 53.9 Å². The van der Waals surface area contributed by atoms with Crippen molar-refractivity contribution < 1.29 is 4.79 Å². The first kappa shape index (κ1) is 9.52. The molecule has 0 amide bonds. The Morgan fingerprint density at radius 2 is 1.93 bits per heavy atom. The molecular formula is C12H12N2O. The predicted octanol–water partition coefficient (Wildman–Crippen LogP) is 1.84. The molecule has 0 bridgehead atoms. The van der Waals surface area contributed by atoms with Crippen molar-refractivity contribution in [2.45, 2.75) is 0 Å². The van der Waals surface area contributed by atoms with Gasteiger partial charge in [-0.25, -0.2) is 0 Å². The molecule has 1 aromatic carbocycles. The molecule has 1 heterocycles. The number of anilines is 1. The number of nitrogens with zero attached hydrogens (tertiary/aromatic N) is 1. The lowest BCUT2D eigenvalue weighted by Crippen LogP contribution is -2.06. The molecule has 15 heavy (non-hydrogen) atoms. The number of nitrogen functional groups attached to an aromatic ring is 1. The Morgan fingerprint density at radius 3 is 2.47 bits per heavy atom. The summed E-state index contributed by atoms with van der Waals surface area (Å²) >= 11 is 0. The van der Waals surface area contributed by atoms with Gasteiger partial charge in [0.15, 0.2) is 0 Å². The molecule has 0 atom stereocenters. The lowest BCUT2D eigenvalue weighted by molar-refractivity contribution is 0.103. The van der Waals surface area contributed by atoms with Crippen molar-refractivity contribution in [1.82, 2.24) is 4.57 Å². The Labute approximate surface area is 88.1 Å². The van der Waals surface area contributed by atoms with E-state index in [1.54, 1.807) is 29.0 Å². The molecule has 0 spiro atoms. The minimum Gasteiger partial charge on any atom is -0.397 e. The molecule has 3 nitrogen and oxygen atoms in total. The van der Waals surface area contributed by atoms with Crippen LogP contribution in [0.4, 0.5) is 5.69 Å². The summed E-state index contributed by atoms with van der Waals surface area (Å²) in [5.41, 5.74) is 7.52.